The summed E-state index contributed by atoms with van der Waals surface area (Å²) in [5.41, 5.74) is 0.648. The molecule has 3 nitrogen and oxygen atoms in total. The van der Waals surface area contributed by atoms with Crippen LogP contribution >= 0.6 is 11.8 Å². The molecule has 0 fully saturated rings. The number of hydrogen-bond acceptors (Lipinski definition) is 3. The molecule has 0 unspecified atom stereocenters. The highest BCUT2D eigenvalue weighted by Gasteiger charge is 2.29. The summed E-state index contributed by atoms with van der Waals surface area (Å²) in [6.07, 6.45) is 0.0943. The molecule has 0 spiro atoms. The van der Waals surface area contributed by atoms with Crippen LogP contribution in [0.1, 0.15) is 16.8 Å². The molecule has 2 rings (SSSR count). The number of thioether (sulfide) groups is 1. The topological polar surface area (TPSA) is 54.4 Å². The molecule has 1 atom stereocenters. The van der Waals surface area contributed by atoms with E-state index in [1.54, 1.807) is 18.2 Å². The summed E-state index contributed by atoms with van der Waals surface area (Å²) < 4.78 is 0. The molecule has 72 valence electrons. The van der Waals surface area contributed by atoms with E-state index in [-0.39, 0.29) is 12.2 Å². The molecule has 1 heterocycles. The van der Waals surface area contributed by atoms with E-state index in [0.717, 1.165) is 4.90 Å². The third-order valence-corrected chi connectivity index (χ3v) is 3.37. The standard InChI is InChI=1S/C10H8O3S/c11-7-5-9(10(12)13)14-8-4-2-1-3-6(7)8/h1-4,9H,5H2,(H,12,13)/t9-/m1/s1. The molecule has 14 heavy (non-hydrogen) atoms. The van der Waals surface area contributed by atoms with Crippen LogP contribution in [0.5, 0.6) is 0 Å². The third kappa shape index (κ3) is 1.53. The summed E-state index contributed by atoms with van der Waals surface area (Å²) in [5.74, 6) is -0.996. The van der Waals surface area contributed by atoms with Gasteiger partial charge in [-0.3, -0.25) is 9.59 Å². The molecule has 0 saturated heterocycles. The van der Waals surface area contributed by atoms with Crippen LogP contribution in [0.2, 0.25) is 0 Å². The molecule has 0 amide bonds. The van der Waals surface area contributed by atoms with Gasteiger partial charge in [0, 0.05) is 16.9 Å². The van der Waals surface area contributed by atoms with E-state index in [2.05, 4.69) is 0 Å². The van der Waals surface area contributed by atoms with Gasteiger partial charge in [0.15, 0.2) is 5.78 Å². The number of hydrogen-bond donors (Lipinski definition) is 1. The van der Waals surface area contributed by atoms with E-state index < -0.39 is 11.2 Å². The molecule has 1 aromatic rings. The molecular weight excluding hydrogens is 200 g/mol. The van der Waals surface area contributed by atoms with Gasteiger partial charge in [-0.2, -0.15) is 0 Å². The highest BCUT2D eigenvalue weighted by atomic mass is 32.2. The lowest BCUT2D eigenvalue weighted by Crippen LogP contribution is -2.24. The maximum atomic E-state index is 11.5. The zero-order valence-electron chi connectivity index (χ0n) is 7.27. The number of benzene rings is 1. The van der Waals surface area contributed by atoms with E-state index in [9.17, 15) is 9.59 Å². The van der Waals surface area contributed by atoms with Crippen LogP contribution in [0, 0.1) is 0 Å². The Morgan fingerprint density at radius 1 is 1.43 bits per heavy atom. The predicted molar refractivity (Wildman–Crippen MR) is 52.7 cm³/mol. The zero-order chi connectivity index (χ0) is 10.1. The van der Waals surface area contributed by atoms with E-state index in [0.29, 0.717) is 5.56 Å². The molecule has 1 aliphatic rings. The summed E-state index contributed by atoms with van der Waals surface area (Å²) in [6, 6.07) is 7.12. The first kappa shape index (κ1) is 9.27. The summed E-state index contributed by atoms with van der Waals surface area (Å²) >= 11 is 1.25. The van der Waals surface area contributed by atoms with Gasteiger partial charge in [0.05, 0.1) is 0 Å². The number of carbonyl (C=O) groups is 2. The minimum absolute atomic E-state index is 0.0771. The Bertz CT molecular complexity index is 400. The van der Waals surface area contributed by atoms with Crippen LogP contribution in [0.15, 0.2) is 29.2 Å². The Labute approximate surface area is 85.1 Å². The van der Waals surface area contributed by atoms with Crippen molar-refractivity contribution in [2.24, 2.45) is 0 Å². The fourth-order valence-electron chi connectivity index (χ4n) is 1.41. The van der Waals surface area contributed by atoms with Gasteiger partial charge in [-0.1, -0.05) is 18.2 Å². The summed E-state index contributed by atoms with van der Waals surface area (Å²) in [7, 11) is 0. The van der Waals surface area contributed by atoms with Crippen molar-refractivity contribution in [2.75, 3.05) is 0 Å². The SMILES string of the molecule is O=C1C[C@H](C(=O)O)Sc2ccccc21. The fourth-order valence-corrected chi connectivity index (χ4v) is 2.52. The Kier molecular flexibility index (Phi) is 2.29. The van der Waals surface area contributed by atoms with Gasteiger partial charge in [-0.05, 0) is 6.07 Å². The summed E-state index contributed by atoms with van der Waals surface area (Å²) in [4.78, 5) is 23.0. The third-order valence-electron chi connectivity index (χ3n) is 2.10. The number of Topliss-reactive ketones (excluding diaryl/α,β-unsaturated/α-hetero) is 1. The smallest absolute Gasteiger partial charge is 0.317 e. The minimum atomic E-state index is -0.919. The van der Waals surface area contributed by atoms with Gasteiger partial charge in [-0.15, -0.1) is 11.8 Å². The van der Waals surface area contributed by atoms with E-state index in [1.165, 1.54) is 11.8 Å². The van der Waals surface area contributed by atoms with Gasteiger partial charge in [0.25, 0.3) is 0 Å². The number of ketones is 1. The number of carboxylic acid groups (broad SMARTS) is 1. The maximum Gasteiger partial charge on any atom is 0.317 e. The first-order valence-electron chi connectivity index (χ1n) is 4.20. The first-order chi connectivity index (χ1) is 6.68. The highest BCUT2D eigenvalue weighted by molar-refractivity contribution is 8.00. The van der Waals surface area contributed by atoms with Gasteiger partial charge < -0.3 is 5.11 Å². The molecule has 1 N–H and O–H groups in total. The van der Waals surface area contributed by atoms with Gasteiger partial charge >= 0.3 is 5.97 Å². The Balaban J connectivity index is 2.38. The van der Waals surface area contributed by atoms with Gasteiger partial charge in [0.2, 0.25) is 0 Å². The molecule has 0 radical (unpaired) electrons. The molecule has 1 aliphatic heterocycles. The molecule has 0 aliphatic carbocycles. The number of carbonyl (C=O) groups excluding carboxylic acids is 1. The number of aliphatic carboxylic acids is 1. The van der Waals surface area contributed by atoms with Crippen molar-refractivity contribution in [1.82, 2.24) is 0 Å². The lowest BCUT2D eigenvalue weighted by atomic mass is 10.1. The first-order valence-corrected chi connectivity index (χ1v) is 5.08. The van der Waals surface area contributed by atoms with Crippen molar-refractivity contribution in [3.63, 3.8) is 0 Å². The van der Waals surface area contributed by atoms with E-state index in [4.69, 9.17) is 5.11 Å². The average molecular weight is 208 g/mol. The predicted octanol–water partition coefficient (Wildman–Crippen LogP) is 1.82. The Morgan fingerprint density at radius 2 is 2.14 bits per heavy atom. The van der Waals surface area contributed by atoms with Crippen LogP contribution in [-0.4, -0.2) is 22.1 Å². The second-order valence-corrected chi connectivity index (χ2v) is 4.31. The Hall–Kier alpha value is -1.29. The average Bonchev–Trinajstić information content (AvgIpc) is 2.17. The lowest BCUT2D eigenvalue weighted by molar-refractivity contribution is -0.136. The Morgan fingerprint density at radius 3 is 2.86 bits per heavy atom. The largest absolute Gasteiger partial charge is 0.480 e. The minimum Gasteiger partial charge on any atom is -0.480 e. The molecule has 0 bridgehead atoms. The van der Waals surface area contributed by atoms with Crippen molar-refractivity contribution in [3.05, 3.63) is 29.8 Å². The zero-order valence-corrected chi connectivity index (χ0v) is 8.08. The molecule has 0 aromatic heterocycles. The second kappa shape index (κ2) is 3.46. The lowest BCUT2D eigenvalue weighted by Gasteiger charge is -2.19. The van der Waals surface area contributed by atoms with Crippen LogP contribution < -0.4 is 0 Å². The molecule has 0 saturated carbocycles. The van der Waals surface area contributed by atoms with Crippen LogP contribution in [-0.2, 0) is 4.79 Å². The molecule has 1 aromatic carbocycles. The highest BCUT2D eigenvalue weighted by Crippen LogP contribution is 2.34. The van der Waals surface area contributed by atoms with Gasteiger partial charge in [0.1, 0.15) is 5.25 Å². The van der Waals surface area contributed by atoms with Gasteiger partial charge in [-0.25, -0.2) is 0 Å². The normalized spacial score (nSPS) is 20.3. The molecular formula is C10H8O3S. The van der Waals surface area contributed by atoms with E-state index in [1.807, 2.05) is 6.07 Å². The molecule has 4 heteroatoms. The number of carboxylic acids is 1. The van der Waals surface area contributed by atoms with Crippen LogP contribution in [0.4, 0.5) is 0 Å². The summed E-state index contributed by atoms with van der Waals surface area (Å²) in [6.45, 7) is 0. The van der Waals surface area contributed by atoms with Crippen molar-refractivity contribution in [1.29, 1.82) is 0 Å². The van der Waals surface area contributed by atoms with E-state index >= 15 is 0 Å². The van der Waals surface area contributed by atoms with Crippen LogP contribution in [0.25, 0.3) is 0 Å². The van der Waals surface area contributed by atoms with Crippen molar-refractivity contribution in [3.8, 4) is 0 Å². The summed E-state index contributed by atoms with van der Waals surface area (Å²) in [5, 5.41) is 8.18. The maximum absolute atomic E-state index is 11.5. The fraction of sp³-hybridized carbons (Fsp3) is 0.200. The monoisotopic (exact) mass is 208 g/mol. The number of fused-ring (bicyclic) bond motifs is 1. The number of rotatable bonds is 1. The van der Waals surface area contributed by atoms with Crippen molar-refractivity contribution >= 4 is 23.5 Å². The second-order valence-electron chi connectivity index (χ2n) is 3.07. The van der Waals surface area contributed by atoms with Crippen molar-refractivity contribution < 1.29 is 14.7 Å². The van der Waals surface area contributed by atoms with Crippen molar-refractivity contribution in [2.45, 2.75) is 16.6 Å². The quantitative estimate of drug-likeness (QED) is 0.764. The van der Waals surface area contributed by atoms with Crippen LogP contribution in [0.3, 0.4) is 0 Å².